The fourth-order valence-corrected chi connectivity index (χ4v) is 12.0. The van der Waals surface area contributed by atoms with Gasteiger partial charge in [0.2, 0.25) is 0 Å². The van der Waals surface area contributed by atoms with E-state index in [1.54, 1.807) is 0 Å². The highest BCUT2D eigenvalue weighted by Gasteiger charge is 2.71. The largest absolute Gasteiger partial charge is 0.481 e. The lowest BCUT2D eigenvalue weighted by Crippen LogP contribution is -2.67. The van der Waals surface area contributed by atoms with E-state index in [9.17, 15) is 30.3 Å². The lowest BCUT2D eigenvalue weighted by Gasteiger charge is -2.71. The Bertz CT molecular complexity index is 1160. The van der Waals surface area contributed by atoms with Crippen molar-refractivity contribution in [3.8, 4) is 0 Å². The Morgan fingerprint density at radius 2 is 1.58 bits per heavy atom. The van der Waals surface area contributed by atoms with Crippen LogP contribution >= 0.6 is 0 Å². The summed E-state index contributed by atoms with van der Waals surface area (Å²) in [5.74, 6) is -0.253. The average Bonchev–Trinajstić information content (AvgIpc) is 2.90. The van der Waals surface area contributed by atoms with Crippen molar-refractivity contribution >= 4 is 5.97 Å². The van der Waals surface area contributed by atoms with Gasteiger partial charge in [0, 0.05) is 0 Å². The SMILES string of the molecule is CC1(C)CCC2(C(=O)O)C(O)CC3(C)C(=CCC4C5(C)CCC(OC6OCC(O)C(O)C6O)C(C)(C)C5CCC43C)C2C1. The number of hydrogen-bond acceptors (Lipinski definition) is 7. The van der Waals surface area contributed by atoms with Crippen molar-refractivity contribution in [2.24, 2.45) is 50.2 Å². The second kappa shape index (κ2) is 9.98. The second-order valence-corrected chi connectivity index (χ2v) is 17.5. The standard InChI is InChI=1S/C35H56O8/c1-30(2)14-15-35(29(40)41)20(16-30)19-8-9-23-32(5)12-11-25(43-28-27(39)26(38)21(36)18-42-28)31(3,4)22(32)10-13-33(23,6)34(19,7)17-24(35)37/h8,20-28,36-39H,9-18H2,1-7H3,(H,40,41). The second-order valence-electron chi connectivity index (χ2n) is 17.5. The predicted molar refractivity (Wildman–Crippen MR) is 161 cm³/mol. The molecule has 0 bridgehead atoms. The highest BCUT2D eigenvalue weighted by Crippen LogP contribution is 2.76. The first-order valence-corrected chi connectivity index (χ1v) is 16.8. The third-order valence-corrected chi connectivity index (χ3v) is 14.8. The van der Waals surface area contributed by atoms with Crippen LogP contribution in [0.3, 0.4) is 0 Å². The molecule has 5 aliphatic carbocycles. The lowest BCUT2D eigenvalue weighted by atomic mass is 9.33. The third-order valence-electron chi connectivity index (χ3n) is 14.8. The van der Waals surface area contributed by atoms with Crippen LogP contribution < -0.4 is 0 Å². The molecule has 0 amide bonds. The molecule has 1 aliphatic heterocycles. The summed E-state index contributed by atoms with van der Waals surface area (Å²) >= 11 is 0. The number of ether oxygens (including phenoxy) is 2. The molecule has 1 saturated heterocycles. The zero-order chi connectivity index (χ0) is 31.5. The van der Waals surface area contributed by atoms with Gasteiger partial charge in [0.05, 0.1) is 18.8 Å². The van der Waals surface area contributed by atoms with Gasteiger partial charge in [-0.05, 0) is 103 Å². The monoisotopic (exact) mass is 604 g/mol. The molecule has 6 rings (SSSR count). The Morgan fingerprint density at radius 3 is 2.26 bits per heavy atom. The van der Waals surface area contributed by atoms with E-state index in [1.165, 1.54) is 5.57 Å². The summed E-state index contributed by atoms with van der Waals surface area (Å²) in [6.07, 6.45) is 4.00. The van der Waals surface area contributed by atoms with E-state index in [0.29, 0.717) is 24.7 Å². The smallest absolute Gasteiger partial charge is 0.312 e. The van der Waals surface area contributed by atoms with Gasteiger partial charge in [0.1, 0.15) is 23.7 Å². The molecule has 0 radical (unpaired) electrons. The Kier molecular flexibility index (Phi) is 7.41. The minimum absolute atomic E-state index is 0.0151. The van der Waals surface area contributed by atoms with Crippen LogP contribution in [0.4, 0.5) is 0 Å². The number of carboxylic acids is 1. The Balaban J connectivity index is 1.32. The molecule has 244 valence electrons. The lowest BCUT2D eigenvalue weighted by molar-refractivity contribution is -0.308. The van der Waals surface area contributed by atoms with Crippen molar-refractivity contribution < 1.29 is 39.8 Å². The molecule has 6 aliphatic rings. The maximum absolute atomic E-state index is 13.0. The van der Waals surface area contributed by atoms with Crippen molar-refractivity contribution in [1.82, 2.24) is 0 Å². The van der Waals surface area contributed by atoms with Crippen molar-refractivity contribution in [3.63, 3.8) is 0 Å². The number of carbonyl (C=O) groups is 1. The van der Waals surface area contributed by atoms with E-state index in [-0.39, 0.29) is 45.7 Å². The van der Waals surface area contributed by atoms with E-state index < -0.39 is 42.1 Å². The summed E-state index contributed by atoms with van der Waals surface area (Å²) < 4.78 is 12.1. The summed E-state index contributed by atoms with van der Waals surface area (Å²) in [5.41, 5.74) is -0.331. The van der Waals surface area contributed by atoms with Gasteiger partial charge in [-0.1, -0.05) is 60.1 Å². The topological polar surface area (TPSA) is 137 Å². The van der Waals surface area contributed by atoms with Crippen LogP contribution in [0.2, 0.25) is 0 Å². The Labute approximate surface area is 257 Å². The number of allylic oxidation sites excluding steroid dienone is 2. The van der Waals surface area contributed by atoms with Crippen LogP contribution in [0.25, 0.3) is 0 Å². The number of aliphatic carboxylic acids is 1. The van der Waals surface area contributed by atoms with E-state index >= 15 is 0 Å². The summed E-state index contributed by atoms with van der Waals surface area (Å²) in [6.45, 7) is 16.2. The van der Waals surface area contributed by atoms with Crippen molar-refractivity contribution in [3.05, 3.63) is 11.6 Å². The zero-order valence-corrected chi connectivity index (χ0v) is 27.3. The molecule has 8 nitrogen and oxygen atoms in total. The van der Waals surface area contributed by atoms with Gasteiger partial charge in [-0.25, -0.2) is 0 Å². The molecule has 4 saturated carbocycles. The van der Waals surface area contributed by atoms with Gasteiger partial charge >= 0.3 is 5.97 Å². The van der Waals surface area contributed by atoms with Crippen LogP contribution in [0.5, 0.6) is 0 Å². The Hall–Kier alpha value is -1.03. The van der Waals surface area contributed by atoms with Crippen LogP contribution in [-0.2, 0) is 14.3 Å². The maximum Gasteiger partial charge on any atom is 0.312 e. The quantitative estimate of drug-likeness (QED) is 0.232. The summed E-state index contributed by atoms with van der Waals surface area (Å²) in [4.78, 5) is 13.0. The van der Waals surface area contributed by atoms with Crippen molar-refractivity contribution in [2.45, 2.75) is 143 Å². The number of fused-ring (bicyclic) bond motifs is 7. The van der Waals surface area contributed by atoms with Gasteiger partial charge in [0.15, 0.2) is 6.29 Å². The first kappa shape index (κ1) is 31.9. The predicted octanol–water partition coefficient (Wildman–Crippen LogP) is 4.67. The van der Waals surface area contributed by atoms with Gasteiger partial charge in [-0.2, -0.15) is 0 Å². The zero-order valence-electron chi connectivity index (χ0n) is 27.3. The first-order valence-electron chi connectivity index (χ1n) is 16.8. The first-order chi connectivity index (χ1) is 19.8. The van der Waals surface area contributed by atoms with Crippen molar-refractivity contribution in [1.29, 1.82) is 0 Å². The number of aliphatic hydroxyl groups excluding tert-OH is 4. The van der Waals surface area contributed by atoms with Gasteiger partial charge in [-0.15, -0.1) is 0 Å². The fraction of sp³-hybridized carbons (Fsp3) is 0.914. The van der Waals surface area contributed by atoms with Gasteiger partial charge < -0.3 is 35.0 Å². The molecule has 13 unspecified atom stereocenters. The molecule has 13 atom stereocenters. The average molecular weight is 605 g/mol. The molecule has 0 spiro atoms. The van der Waals surface area contributed by atoms with Crippen LogP contribution in [0, 0.1) is 50.2 Å². The molecule has 8 heteroatoms. The van der Waals surface area contributed by atoms with Crippen LogP contribution in [0.15, 0.2) is 11.6 Å². The maximum atomic E-state index is 13.0. The van der Waals surface area contributed by atoms with Gasteiger partial charge in [-0.3, -0.25) is 4.79 Å². The van der Waals surface area contributed by atoms with Crippen LogP contribution in [0.1, 0.15) is 106 Å². The molecular formula is C35H56O8. The number of aliphatic hydroxyl groups is 4. The Morgan fingerprint density at radius 1 is 0.884 bits per heavy atom. The molecule has 5 fully saturated rings. The molecule has 0 aromatic carbocycles. The molecule has 0 aromatic heterocycles. The third kappa shape index (κ3) is 4.25. The van der Waals surface area contributed by atoms with Crippen molar-refractivity contribution in [2.75, 3.05) is 6.61 Å². The number of carboxylic acid groups (broad SMARTS) is 1. The number of hydrogen-bond donors (Lipinski definition) is 5. The molecule has 1 heterocycles. The normalized spacial score (nSPS) is 53.8. The summed E-state index contributed by atoms with van der Waals surface area (Å²) in [5, 5.41) is 53.2. The molecule has 0 aromatic rings. The van der Waals surface area contributed by atoms with Crippen LogP contribution in [-0.4, -0.2) is 74.9 Å². The summed E-state index contributed by atoms with van der Waals surface area (Å²) in [7, 11) is 0. The van der Waals surface area contributed by atoms with Gasteiger partial charge in [0.25, 0.3) is 0 Å². The van der Waals surface area contributed by atoms with E-state index in [4.69, 9.17) is 9.47 Å². The molecular weight excluding hydrogens is 548 g/mol. The fourth-order valence-electron chi connectivity index (χ4n) is 12.0. The van der Waals surface area contributed by atoms with E-state index in [1.807, 2.05) is 0 Å². The molecule has 5 N–H and O–H groups in total. The van der Waals surface area contributed by atoms with E-state index in [2.05, 4.69) is 54.5 Å². The highest BCUT2D eigenvalue weighted by atomic mass is 16.7. The number of rotatable bonds is 3. The minimum atomic E-state index is -1.30. The van der Waals surface area contributed by atoms with E-state index in [0.717, 1.165) is 44.9 Å². The molecule has 43 heavy (non-hydrogen) atoms. The minimum Gasteiger partial charge on any atom is -0.481 e. The summed E-state index contributed by atoms with van der Waals surface area (Å²) in [6, 6.07) is 0. The highest BCUT2D eigenvalue weighted by molar-refractivity contribution is 5.77.